The molecular weight excluding hydrogens is 369 g/mol. The molecule has 1 N–H and O–H groups in total. The number of benzene rings is 2. The summed E-state index contributed by atoms with van der Waals surface area (Å²) in [4.78, 5) is 16.1. The van der Waals surface area contributed by atoms with Crippen LogP contribution in [0.25, 0.3) is 33.7 Å². The van der Waals surface area contributed by atoms with Gasteiger partial charge in [-0.1, -0.05) is 37.6 Å². The zero-order valence-corrected chi connectivity index (χ0v) is 16.0. The molecule has 2 heterocycles. The number of nitrogens with zero attached hydrogens (tertiary/aromatic N) is 1. The smallest absolute Gasteiger partial charge is 0.336 e. The maximum atomic E-state index is 13.6. The van der Waals surface area contributed by atoms with Crippen molar-refractivity contribution >= 4 is 16.9 Å². The van der Waals surface area contributed by atoms with E-state index in [0.29, 0.717) is 22.6 Å². The third-order valence-electron chi connectivity index (χ3n) is 4.92. The Kier molecular flexibility index (Phi) is 5.12. The molecule has 0 aliphatic carbocycles. The predicted octanol–water partition coefficient (Wildman–Crippen LogP) is 6.34. The minimum atomic E-state index is -1.10. The van der Waals surface area contributed by atoms with Gasteiger partial charge in [0.1, 0.15) is 17.3 Å². The van der Waals surface area contributed by atoms with Crippen molar-refractivity contribution in [1.29, 1.82) is 0 Å². The first kappa shape index (κ1) is 18.9. The minimum absolute atomic E-state index is 0.0585. The molecule has 0 saturated carbocycles. The van der Waals surface area contributed by atoms with Crippen LogP contribution in [0.2, 0.25) is 0 Å². The SMILES string of the molecule is CCCCc1ccc(-c2ccc(-c3cc(C(=O)O)c4ccc(F)cc4n3)o2)cc1. The van der Waals surface area contributed by atoms with E-state index in [2.05, 4.69) is 24.0 Å². The molecule has 0 saturated heterocycles. The van der Waals surface area contributed by atoms with Crippen LogP contribution >= 0.6 is 0 Å². The third-order valence-corrected chi connectivity index (χ3v) is 4.92. The van der Waals surface area contributed by atoms with E-state index in [9.17, 15) is 14.3 Å². The van der Waals surface area contributed by atoms with Gasteiger partial charge in [0.25, 0.3) is 0 Å². The molecule has 0 fully saturated rings. The number of furan rings is 1. The molecule has 29 heavy (non-hydrogen) atoms. The van der Waals surface area contributed by atoms with Crippen LogP contribution in [0.15, 0.2) is 65.1 Å². The summed E-state index contributed by atoms with van der Waals surface area (Å²) in [5.74, 6) is -0.467. The highest BCUT2D eigenvalue weighted by Crippen LogP contribution is 2.30. The molecule has 0 unspecified atom stereocenters. The van der Waals surface area contributed by atoms with Gasteiger partial charge in [-0.25, -0.2) is 14.2 Å². The molecule has 0 atom stereocenters. The van der Waals surface area contributed by atoms with Crippen LogP contribution in [0.1, 0.15) is 35.7 Å². The molecule has 4 aromatic rings. The highest BCUT2D eigenvalue weighted by molar-refractivity contribution is 6.03. The van der Waals surface area contributed by atoms with Crippen molar-refractivity contribution in [3.05, 3.63) is 77.6 Å². The number of hydrogen-bond acceptors (Lipinski definition) is 3. The van der Waals surface area contributed by atoms with Crippen molar-refractivity contribution in [1.82, 2.24) is 4.98 Å². The van der Waals surface area contributed by atoms with Crippen molar-refractivity contribution in [3.8, 4) is 22.8 Å². The summed E-state index contributed by atoms with van der Waals surface area (Å²) in [5, 5.41) is 9.93. The van der Waals surface area contributed by atoms with Crippen LogP contribution in [0.3, 0.4) is 0 Å². The number of aromatic nitrogens is 1. The lowest BCUT2D eigenvalue weighted by Crippen LogP contribution is -2.00. The Hall–Kier alpha value is -3.47. The molecule has 4 nitrogen and oxygen atoms in total. The lowest BCUT2D eigenvalue weighted by atomic mass is 10.1. The molecule has 0 aliphatic heterocycles. The molecule has 5 heteroatoms. The maximum Gasteiger partial charge on any atom is 0.336 e. The number of carbonyl (C=O) groups is 1. The highest BCUT2D eigenvalue weighted by atomic mass is 19.1. The summed E-state index contributed by atoms with van der Waals surface area (Å²) in [6.07, 6.45) is 3.37. The molecule has 0 spiro atoms. The number of rotatable bonds is 6. The number of carboxylic acids is 1. The largest absolute Gasteiger partial charge is 0.478 e. The van der Waals surface area contributed by atoms with Gasteiger partial charge in [0.05, 0.1) is 11.1 Å². The van der Waals surface area contributed by atoms with E-state index in [-0.39, 0.29) is 11.1 Å². The zero-order chi connectivity index (χ0) is 20.4. The Morgan fingerprint density at radius 1 is 1.03 bits per heavy atom. The first-order chi connectivity index (χ1) is 14.0. The van der Waals surface area contributed by atoms with Crippen molar-refractivity contribution in [2.45, 2.75) is 26.2 Å². The van der Waals surface area contributed by atoms with Gasteiger partial charge in [0.2, 0.25) is 0 Å². The van der Waals surface area contributed by atoms with Crippen LogP contribution in [0, 0.1) is 5.82 Å². The molecular formula is C24H20FNO3. The molecule has 0 aliphatic rings. The van der Waals surface area contributed by atoms with E-state index in [1.54, 1.807) is 6.07 Å². The van der Waals surface area contributed by atoms with Gasteiger partial charge in [0.15, 0.2) is 5.76 Å². The van der Waals surface area contributed by atoms with E-state index < -0.39 is 11.8 Å². The molecule has 2 aromatic heterocycles. The van der Waals surface area contributed by atoms with Crippen LogP contribution in [0.5, 0.6) is 0 Å². The van der Waals surface area contributed by atoms with E-state index in [1.807, 2.05) is 18.2 Å². The fourth-order valence-electron chi connectivity index (χ4n) is 3.35. The predicted molar refractivity (Wildman–Crippen MR) is 110 cm³/mol. The Morgan fingerprint density at radius 2 is 1.79 bits per heavy atom. The van der Waals surface area contributed by atoms with Gasteiger partial charge in [-0.15, -0.1) is 0 Å². The first-order valence-electron chi connectivity index (χ1n) is 9.58. The highest BCUT2D eigenvalue weighted by Gasteiger charge is 2.16. The van der Waals surface area contributed by atoms with E-state index >= 15 is 0 Å². The number of fused-ring (bicyclic) bond motifs is 1. The lowest BCUT2D eigenvalue weighted by Gasteiger charge is -2.06. The Labute approximate surface area is 167 Å². The minimum Gasteiger partial charge on any atom is -0.478 e. The molecule has 0 bridgehead atoms. The third kappa shape index (κ3) is 3.90. The average molecular weight is 389 g/mol. The van der Waals surface area contributed by atoms with Gasteiger partial charge < -0.3 is 9.52 Å². The molecule has 0 radical (unpaired) electrons. The monoisotopic (exact) mass is 389 g/mol. The number of pyridine rings is 1. The lowest BCUT2D eigenvalue weighted by molar-refractivity contribution is 0.0699. The molecule has 0 amide bonds. The second kappa shape index (κ2) is 7.87. The Bertz CT molecular complexity index is 1180. The van der Waals surface area contributed by atoms with Gasteiger partial charge in [-0.3, -0.25) is 0 Å². The van der Waals surface area contributed by atoms with Crippen LogP contribution in [0.4, 0.5) is 4.39 Å². The first-order valence-corrected chi connectivity index (χ1v) is 9.58. The number of carboxylic acid groups (broad SMARTS) is 1. The average Bonchev–Trinajstić information content (AvgIpc) is 3.21. The molecule has 146 valence electrons. The number of aryl methyl sites for hydroxylation is 1. The number of aromatic carboxylic acids is 1. The van der Waals surface area contributed by atoms with Gasteiger partial charge in [0, 0.05) is 17.0 Å². The maximum absolute atomic E-state index is 13.6. The summed E-state index contributed by atoms with van der Waals surface area (Å²) >= 11 is 0. The second-order valence-electron chi connectivity index (χ2n) is 6.99. The zero-order valence-electron chi connectivity index (χ0n) is 16.0. The summed E-state index contributed by atoms with van der Waals surface area (Å²) in [7, 11) is 0. The number of unbranched alkanes of at least 4 members (excludes halogenated alkanes) is 1. The number of halogens is 1. The summed E-state index contributed by atoms with van der Waals surface area (Å²) < 4.78 is 19.6. The van der Waals surface area contributed by atoms with Crippen molar-refractivity contribution < 1.29 is 18.7 Å². The van der Waals surface area contributed by atoms with Gasteiger partial charge >= 0.3 is 5.97 Å². The van der Waals surface area contributed by atoms with Crippen LogP contribution in [-0.2, 0) is 6.42 Å². The van der Waals surface area contributed by atoms with Crippen molar-refractivity contribution in [2.24, 2.45) is 0 Å². The molecule has 2 aromatic carbocycles. The van der Waals surface area contributed by atoms with Crippen LogP contribution < -0.4 is 0 Å². The van der Waals surface area contributed by atoms with E-state index in [4.69, 9.17) is 4.42 Å². The summed E-state index contributed by atoms with van der Waals surface area (Å²) in [5.41, 5.74) is 2.90. The summed E-state index contributed by atoms with van der Waals surface area (Å²) in [6, 6.07) is 17.1. The Balaban J connectivity index is 1.70. The quantitative estimate of drug-likeness (QED) is 0.418. The fraction of sp³-hybridized carbons (Fsp3) is 0.167. The van der Waals surface area contributed by atoms with Crippen molar-refractivity contribution in [3.63, 3.8) is 0 Å². The second-order valence-corrected chi connectivity index (χ2v) is 6.99. The van der Waals surface area contributed by atoms with Gasteiger partial charge in [-0.05, 0) is 48.7 Å². The topological polar surface area (TPSA) is 63.3 Å². The Morgan fingerprint density at radius 3 is 2.52 bits per heavy atom. The summed E-state index contributed by atoms with van der Waals surface area (Å²) in [6.45, 7) is 2.17. The van der Waals surface area contributed by atoms with Gasteiger partial charge in [-0.2, -0.15) is 0 Å². The normalized spacial score (nSPS) is 11.1. The fourth-order valence-corrected chi connectivity index (χ4v) is 3.35. The van der Waals surface area contributed by atoms with E-state index in [0.717, 1.165) is 24.8 Å². The standard InChI is InChI=1S/C24H20FNO3/c1-2-3-4-15-5-7-16(8-6-15)22-11-12-23(29-22)21-14-19(24(27)28)18-10-9-17(25)13-20(18)26-21/h5-14H,2-4H2,1H3,(H,27,28). The number of hydrogen-bond donors (Lipinski definition) is 1. The van der Waals surface area contributed by atoms with Crippen LogP contribution in [-0.4, -0.2) is 16.1 Å². The molecule has 4 rings (SSSR count). The van der Waals surface area contributed by atoms with Crippen molar-refractivity contribution in [2.75, 3.05) is 0 Å². The van der Waals surface area contributed by atoms with E-state index in [1.165, 1.54) is 29.8 Å².